The zero-order valence-corrected chi connectivity index (χ0v) is 6.99. The Morgan fingerprint density at radius 3 is 2.83 bits per heavy atom. The monoisotopic (exact) mass is 191 g/mol. The lowest BCUT2D eigenvalue weighted by molar-refractivity contribution is 0.0526. The summed E-state index contributed by atoms with van der Waals surface area (Å²) in [6, 6.07) is -0.390. The van der Waals surface area contributed by atoms with Gasteiger partial charge in [0.25, 0.3) is 0 Å². The molecule has 2 N–H and O–H groups in total. The Balaban J connectivity index is 2.11. The average molecular weight is 191 g/mol. The fraction of sp³-hybridized carbons (Fsp3) is 1.00. The van der Waals surface area contributed by atoms with Crippen molar-refractivity contribution < 1.29 is 18.3 Å². The molecule has 0 saturated carbocycles. The van der Waals surface area contributed by atoms with Crippen molar-refractivity contribution in [2.75, 3.05) is 0 Å². The molecule has 2 bridgehead atoms. The Hall–Kier alpha value is -0.170. The number of sulfonamides is 1. The maximum absolute atomic E-state index is 11.3. The lowest BCUT2D eigenvalue weighted by Gasteiger charge is -2.16. The summed E-state index contributed by atoms with van der Waals surface area (Å²) in [5.41, 5.74) is 0. The van der Waals surface area contributed by atoms with Gasteiger partial charge in [-0.25, -0.2) is 13.1 Å². The number of hydrogen-bond acceptors (Lipinski definition) is 4. The highest BCUT2D eigenvalue weighted by Crippen LogP contribution is 2.42. The van der Waals surface area contributed by atoms with Crippen LogP contribution in [-0.4, -0.2) is 43.1 Å². The first kappa shape index (κ1) is 7.25. The van der Waals surface area contributed by atoms with E-state index in [1.165, 1.54) is 0 Å². The zero-order valence-electron chi connectivity index (χ0n) is 6.17. The SMILES string of the molecule is O=S1(=O)NC2C(O)C3CC1C2O3. The van der Waals surface area contributed by atoms with Gasteiger partial charge in [0, 0.05) is 0 Å². The number of aliphatic hydroxyl groups is 1. The second-order valence-corrected chi connectivity index (χ2v) is 5.52. The fourth-order valence-electron chi connectivity index (χ4n) is 2.39. The molecule has 0 aromatic rings. The Bertz CT molecular complexity index is 326. The van der Waals surface area contributed by atoms with Gasteiger partial charge in [-0.3, -0.25) is 0 Å². The molecule has 0 aromatic heterocycles. The van der Waals surface area contributed by atoms with Crippen LogP contribution in [0.5, 0.6) is 0 Å². The second kappa shape index (κ2) is 1.84. The molecule has 12 heavy (non-hydrogen) atoms. The molecular weight excluding hydrogens is 182 g/mol. The summed E-state index contributed by atoms with van der Waals surface area (Å²) in [7, 11) is -3.20. The molecule has 5 nitrogen and oxygen atoms in total. The lowest BCUT2D eigenvalue weighted by Crippen LogP contribution is -2.42. The number of fused-ring (bicyclic) bond motifs is 1. The molecule has 0 amide bonds. The smallest absolute Gasteiger partial charge is 0.217 e. The third-order valence-corrected chi connectivity index (χ3v) is 4.82. The minimum absolute atomic E-state index is 0.269. The summed E-state index contributed by atoms with van der Waals surface area (Å²) in [4.78, 5) is 0. The van der Waals surface area contributed by atoms with Crippen LogP contribution in [0.2, 0.25) is 0 Å². The highest BCUT2D eigenvalue weighted by Gasteiger charge is 2.63. The van der Waals surface area contributed by atoms with Gasteiger partial charge in [0.1, 0.15) is 5.25 Å². The van der Waals surface area contributed by atoms with E-state index in [9.17, 15) is 13.5 Å². The normalized spacial score (nSPS) is 59.6. The van der Waals surface area contributed by atoms with Gasteiger partial charge in [-0.15, -0.1) is 0 Å². The summed E-state index contributed by atoms with van der Waals surface area (Å²) in [5, 5.41) is 9.07. The Morgan fingerprint density at radius 1 is 1.50 bits per heavy atom. The van der Waals surface area contributed by atoms with Crippen LogP contribution < -0.4 is 4.72 Å². The molecule has 68 valence electrons. The quantitative estimate of drug-likeness (QED) is 0.473. The minimum atomic E-state index is -3.20. The van der Waals surface area contributed by atoms with Crippen LogP contribution >= 0.6 is 0 Å². The van der Waals surface area contributed by atoms with Gasteiger partial charge in [0.15, 0.2) is 0 Å². The van der Waals surface area contributed by atoms with Crippen molar-refractivity contribution >= 4 is 10.0 Å². The fourth-order valence-corrected chi connectivity index (χ4v) is 4.24. The first-order valence-electron chi connectivity index (χ1n) is 3.94. The van der Waals surface area contributed by atoms with Crippen LogP contribution in [0.25, 0.3) is 0 Å². The molecule has 3 aliphatic heterocycles. The summed E-state index contributed by atoms with van der Waals surface area (Å²) in [6.07, 6.45) is -0.786. The van der Waals surface area contributed by atoms with Crippen LogP contribution in [0.4, 0.5) is 0 Å². The summed E-state index contributed by atoms with van der Waals surface area (Å²) >= 11 is 0. The molecule has 3 heterocycles. The largest absolute Gasteiger partial charge is 0.389 e. The van der Waals surface area contributed by atoms with E-state index in [1.54, 1.807) is 0 Å². The van der Waals surface area contributed by atoms with Crippen LogP contribution in [0.3, 0.4) is 0 Å². The molecule has 5 unspecified atom stereocenters. The highest BCUT2D eigenvalue weighted by atomic mass is 32.2. The summed E-state index contributed by atoms with van der Waals surface area (Å²) in [6.45, 7) is 0. The molecule has 0 aliphatic carbocycles. The number of nitrogens with one attached hydrogen (secondary N) is 1. The third kappa shape index (κ3) is 0.632. The number of rotatable bonds is 0. The number of ether oxygens (including phenoxy) is 1. The van der Waals surface area contributed by atoms with E-state index in [1.807, 2.05) is 0 Å². The van der Waals surface area contributed by atoms with Crippen molar-refractivity contribution in [3.05, 3.63) is 0 Å². The van der Waals surface area contributed by atoms with Crippen molar-refractivity contribution in [2.24, 2.45) is 0 Å². The first-order valence-corrected chi connectivity index (χ1v) is 5.49. The van der Waals surface area contributed by atoms with Gasteiger partial charge < -0.3 is 9.84 Å². The van der Waals surface area contributed by atoms with Gasteiger partial charge in [-0.1, -0.05) is 0 Å². The van der Waals surface area contributed by atoms with Crippen LogP contribution in [0, 0.1) is 0 Å². The lowest BCUT2D eigenvalue weighted by atomic mass is 9.93. The Labute approximate surface area is 69.8 Å². The summed E-state index contributed by atoms with van der Waals surface area (Å²) in [5.74, 6) is 0. The van der Waals surface area contributed by atoms with E-state index in [0.717, 1.165) is 0 Å². The van der Waals surface area contributed by atoms with Crippen LogP contribution in [-0.2, 0) is 14.8 Å². The van der Waals surface area contributed by atoms with Crippen molar-refractivity contribution in [1.29, 1.82) is 0 Å². The average Bonchev–Trinajstić information content (AvgIpc) is 2.54. The first-order chi connectivity index (χ1) is 5.59. The highest BCUT2D eigenvalue weighted by molar-refractivity contribution is 7.90. The third-order valence-electron chi connectivity index (χ3n) is 2.96. The molecule has 6 heteroatoms. The van der Waals surface area contributed by atoms with Crippen molar-refractivity contribution in [1.82, 2.24) is 4.72 Å². The standard InChI is InChI=1S/C6H9NO4S/c8-5-2-1-3-6(11-2)4(5)7-12(3,9)10/h2-8H,1H2. The molecule has 3 fully saturated rings. The minimum Gasteiger partial charge on any atom is -0.389 e. The molecular formula is C6H9NO4S. The maximum atomic E-state index is 11.3. The number of hydrogen-bond donors (Lipinski definition) is 2. The van der Waals surface area contributed by atoms with E-state index < -0.39 is 27.4 Å². The van der Waals surface area contributed by atoms with Gasteiger partial charge in [-0.05, 0) is 6.42 Å². The molecule has 0 spiro atoms. The zero-order chi connectivity index (χ0) is 8.51. The van der Waals surface area contributed by atoms with Crippen LogP contribution in [0.1, 0.15) is 6.42 Å². The van der Waals surface area contributed by atoms with E-state index >= 15 is 0 Å². The van der Waals surface area contributed by atoms with Crippen molar-refractivity contribution in [3.8, 4) is 0 Å². The van der Waals surface area contributed by atoms with Gasteiger partial charge in [0.05, 0.1) is 24.4 Å². The number of aliphatic hydroxyl groups excluding tert-OH is 1. The van der Waals surface area contributed by atoms with Gasteiger partial charge in [-0.2, -0.15) is 0 Å². The predicted octanol–water partition coefficient (Wildman–Crippen LogP) is -1.81. The van der Waals surface area contributed by atoms with E-state index in [-0.39, 0.29) is 12.2 Å². The van der Waals surface area contributed by atoms with Gasteiger partial charge >= 0.3 is 0 Å². The molecule has 0 aromatic carbocycles. The summed E-state index contributed by atoms with van der Waals surface area (Å²) < 4.78 is 30.4. The molecule has 5 atom stereocenters. The molecule has 3 aliphatic rings. The predicted molar refractivity (Wildman–Crippen MR) is 38.9 cm³/mol. The Kier molecular flexibility index (Phi) is 1.11. The topological polar surface area (TPSA) is 75.6 Å². The van der Waals surface area contributed by atoms with E-state index in [0.29, 0.717) is 6.42 Å². The molecule has 3 saturated heterocycles. The van der Waals surface area contributed by atoms with Crippen molar-refractivity contribution in [2.45, 2.75) is 36.0 Å². The van der Waals surface area contributed by atoms with E-state index in [2.05, 4.69) is 4.72 Å². The van der Waals surface area contributed by atoms with Gasteiger partial charge in [0.2, 0.25) is 10.0 Å². The molecule has 0 radical (unpaired) electrons. The van der Waals surface area contributed by atoms with Crippen molar-refractivity contribution in [3.63, 3.8) is 0 Å². The maximum Gasteiger partial charge on any atom is 0.217 e. The van der Waals surface area contributed by atoms with E-state index in [4.69, 9.17) is 4.74 Å². The Morgan fingerprint density at radius 2 is 2.25 bits per heavy atom. The molecule has 3 rings (SSSR count). The van der Waals surface area contributed by atoms with Crippen LogP contribution in [0.15, 0.2) is 0 Å². The second-order valence-electron chi connectivity index (χ2n) is 3.59.